The largest absolute Gasteiger partial charge is 0.492 e. The van der Waals surface area contributed by atoms with Crippen molar-refractivity contribution in [1.29, 1.82) is 0 Å². The van der Waals surface area contributed by atoms with Crippen LogP contribution < -0.4 is 14.4 Å². The number of hydrogen-bond acceptors (Lipinski definition) is 6. The Labute approximate surface area is 196 Å². The van der Waals surface area contributed by atoms with Crippen molar-refractivity contribution in [1.82, 2.24) is 0 Å². The summed E-state index contributed by atoms with van der Waals surface area (Å²) in [5, 5.41) is 2.75. The molecule has 2 aromatic rings. The minimum Gasteiger partial charge on any atom is -0.492 e. The van der Waals surface area contributed by atoms with Crippen LogP contribution in [0, 0.1) is 5.82 Å². The molecular formula is C23H26ClFN2O4S. The highest BCUT2D eigenvalue weighted by Gasteiger charge is 2.29. The van der Waals surface area contributed by atoms with E-state index in [4.69, 9.17) is 21.1 Å². The molecule has 0 aromatic heterocycles. The van der Waals surface area contributed by atoms with Gasteiger partial charge in [-0.1, -0.05) is 13.0 Å². The molecule has 0 fully saturated rings. The number of alkyl halides is 1. The van der Waals surface area contributed by atoms with Gasteiger partial charge in [0.25, 0.3) is 0 Å². The summed E-state index contributed by atoms with van der Waals surface area (Å²) >= 11 is 6.91. The SMILES string of the molecule is COC(=O)c1c(N(C)Sc2ccc(F)cc2NC(=O)CCCCl)ccc2c1OCCC2C. The quantitative estimate of drug-likeness (QED) is 0.301. The van der Waals surface area contributed by atoms with E-state index in [1.165, 1.54) is 31.2 Å². The molecule has 1 amide bonds. The Balaban J connectivity index is 1.93. The van der Waals surface area contributed by atoms with Crippen molar-refractivity contribution < 1.29 is 23.5 Å². The Morgan fingerprint density at radius 2 is 2.12 bits per heavy atom. The number of nitrogens with zero attached hydrogens (tertiary/aromatic N) is 1. The van der Waals surface area contributed by atoms with Gasteiger partial charge < -0.3 is 19.1 Å². The van der Waals surface area contributed by atoms with E-state index in [0.29, 0.717) is 46.5 Å². The summed E-state index contributed by atoms with van der Waals surface area (Å²) in [7, 11) is 3.12. The third kappa shape index (κ3) is 5.48. The van der Waals surface area contributed by atoms with Crippen molar-refractivity contribution in [2.75, 3.05) is 36.3 Å². The number of anilines is 2. The molecule has 6 nitrogen and oxygen atoms in total. The number of amides is 1. The Morgan fingerprint density at radius 1 is 1.34 bits per heavy atom. The zero-order chi connectivity index (χ0) is 23.3. The lowest BCUT2D eigenvalue weighted by molar-refractivity contribution is -0.116. The Bertz CT molecular complexity index is 1000. The molecule has 9 heteroatoms. The van der Waals surface area contributed by atoms with Crippen molar-refractivity contribution in [2.24, 2.45) is 0 Å². The number of ether oxygens (including phenoxy) is 2. The van der Waals surface area contributed by atoms with Crippen LogP contribution in [-0.4, -0.2) is 38.5 Å². The van der Waals surface area contributed by atoms with E-state index in [1.54, 1.807) is 17.4 Å². The molecule has 0 saturated carbocycles. The van der Waals surface area contributed by atoms with E-state index in [2.05, 4.69) is 12.2 Å². The van der Waals surface area contributed by atoms with Crippen LogP contribution in [0.25, 0.3) is 0 Å². The molecule has 0 saturated heterocycles. The predicted octanol–water partition coefficient (Wildman–Crippen LogP) is 5.60. The summed E-state index contributed by atoms with van der Waals surface area (Å²) in [6.07, 6.45) is 1.65. The molecule has 2 aromatic carbocycles. The van der Waals surface area contributed by atoms with E-state index in [-0.39, 0.29) is 18.2 Å². The van der Waals surface area contributed by atoms with Gasteiger partial charge in [-0.2, -0.15) is 0 Å². The molecule has 0 spiro atoms. The van der Waals surface area contributed by atoms with Gasteiger partial charge in [0.15, 0.2) is 0 Å². The molecule has 0 aliphatic carbocycles. The highest BCUT2D eigenvalue weighted by Crippen LogP contribution is 2.43. The molecular weight excluding hydrogens is 455 g/mol. The van der Waals surface area contributed by atoms with Crippen LogP contribution in [0.3, 0.4) is 0 Å². The maximum Gasteiger partial charge on any atom is 0.343 e. The van der Waals surface area contributed by atoms with E-state index in [9.17, 15) is 14.0 Å². The van der Waals surface area contributed by atoms with Gasteiger partial charge in [-0.25, -0.2) is 9.18 Å². The van der Waals surface area contributed by atoms with Crippen molar-refractivity contribution in [3.63, 3.8) is 0 Å². The maximum absolute atomic E-state index is 13.9. The molecule has 1 unspecified atom stereocenters. The van der Waals surface area contributed by atoms with Crippen LogP contribution in [0.2, 0.25) is 0 Å². The first kappa shape index (κ1) is 24.2. The Kier molecular flexibility index (Phi) is 8.26. The lowest BCUT2D eigenvalue weighted by atomic mass is 9.92. The van der Waals surface area contributed by atoms with Gasteiger partial charge in [-0.05, 0) is 60.5 Å². The first-order valence-electron chi connectivity index (χ1n) is 10.3. The van der Waals surface area contributed by atoms with Crippen LogP contribution in [0.1, 0.15) is 48.0 Å². The number of esters is 1. The number of carbonyl (C=O) groups excluding carboxylic acids is 2. The normalized spacial score (nSPS) is 14.8. The van der Waals surface area contributed by atoms with Crippen molar-refractivity contribution in [3.05, 3.63) is 47.3 Å². The molecule has 172 valence electrons. The number of benzene rings is 2. The van der Waals surface area contributed by atoms with Crippen LogP contribution in [0.15, 0.2) is 35.2 Å². The molecule has 1 heterocycles. The van der Waals surface area contributed by atoms with Gasteiger partial charge in [-0.15, -0.1) is 11.6 Å². The van der Waals surface area contributed by atoms with Crippen LogP contribution in [-0.2, 0) is 9.53 Å². The topological polar surface area (TPSA) is 67.9 Å². The lowest BCUT2D eigenvalue weighted by Gasteiger charge is -2.28. The number of halogens is 2. The summed E-state index contributed by atoms with van der Waals surface area (Å²) in [6.45, 7) is 2.62. The Morgan fingerprint density at radius 3 is 2.84 bits per heavy atom. The second kappa shape index (κ2) is 10.9. The van der Waals surface area contributed by atoms with Crippen molar-refractivity contribution >= 4 is 46.8 Å². The zero-order valence-electron chi connectivity index (χ0n) is 18.2. The van der Waals surface area contributed by atoms with Gasteiger partial charge >= 0.3 is 5.97 Å². The Hall–Kier alpha value is -2.45. The third-order valence-electron chi connectivity index (χ3n) is 5.21. The number of hydrogen-bond donors (Lipinski definition) is 1. The van der Waals surface area contributed by atoms with Gasteiger partial charge in [-0.3, -0.25) is 4.79 Å². The molecule has 3 rings (SSSR count). The number of rotatable bonds is 8. The zero-order valence-corrected chi connectivity index (χ0v) is 19.8. The van der Waals surface area contributed by atoms with E-state index < -0.39 is 11.8 Å². The summed E-state index contributed by atoms with van der Waals surface area (Å²) in [4.78, 5) is 25.5. The van der Waals surface area contributed by atoms with E-state index in [0.717, 1.165) is 12.0 Å². The summed E-state index contributed by atoms with van der Waals surface area (Å²) in [5.41, 5.74) is 2.26. The lowest BCUT2D eigenvalue weighted by Crippen LogP contribution is -2.20. The molecule has 1 aliphatic rings. The first-order chi connectivity index (χ1) is 15.3. The minimum atomic E-state index is -0.493. The minimum absolute atomic E-state index is 0.243. The molecule has 1 atom stereocenters. The summed E-state index contributed by atoms with van der Waals surface area (Å²) in [5.74, 6) is -0.0263. The number of carbonyl (C=O) groups is 2. The molecule has 1 aliphatic heterocycles. The van der Waals surface area contributed by atoms with Crippen LogP contribution in [0.5, 0.6) is 5.75 Å². The monoisotopic (exact) mass is 480 g/mol. The molecule has 32 heavy (non-hydrogen) atoms. The second-order valence-corrected chi connectivity index (χ2v) is 9.03. The van der Waals surface area contributed by atoms with Gasteiger partial charge in [0.2, 0.25) is 5.91 Å². The standard InChI is InChI=1S/C23H26ClFN2O4S/c1-14-10-12-31-22-16(14)7-8-18(21(22)23(29)30-3)27(2)32-19-9-6-15(25)13-17(19)26-20(28)5-4-11-24/h6-9,13-14H,4-5,10-12H2,1-3H3,(H,26,28). The van der Waals surface area contributed by atoms with Crippen LogP contribution >= 0.6 is 23.5 Å². The van der Waals surface area contributed by atoms with Crippen molar-refractivity contribution in [2.45, 2.75) is 37.0 Å². The van der Waals surface area contributed by atoms with Gasteiger partial charge in [0.05, 0.1) is 30.0 Å². The molecule has 0 radical (unpaired) electrons. The van der Waals surface area contributed by atoms with Crippen molar-refractivity contribution in [3.8, 4) is 5.75 Å². The fourth-order valence-electron chi connectivity index (χ4n) is 3.50. The van der Waals surface area contributed by atoms with Gasteiger partial charge in [0.1, 0.15) is 17.1 Å². The molecule has 0 bridgehead atoms. The summed E-state index contributed by atoms with van der Waals surface area (Å²) in [6, 6.07) is 7.99. The summed E-state index contributed by atoms with van der Waals surface area (Å²) < 4.78 is 26.6. The number of fused-ring (bicyclic) bond motifs is 1. The smallest absolute Gasteiger partial charge is 0.343 e. The van der Waals surface area contributed by atoms with Gasteiger partial charge in [0, 0.05) is 19.3 Å². The molecule has 1 N–H and O–H groups in total. The fourth-order valence-corrected chi connectivity index (χ4v) is 4.52. The fraction of sp³-hybridized carbons (Fsp3) is 0.391. The maximum atomic E-state index is 13.9. The van der Waals surface area contributed by atoms with E-state index in [1.807, 2.05) is 12.1 Å². The highest BCUT2D eigenvalue weighted by molar-refractivity contribution is 8.00. The third-order valence-corrected chi connectivity index (χ3v) is 6.50. The number of methoxy groups -OCH3 is 1. The average Bonchev–Trinajstić information content (AvgIpc) is 2.78. The highest BCUT2D eigenvalue weighted by atomic mass is 35.5. The second-order valence-electron chi connectivity index (χ2n) is 7.48. The van der Waals surface area contributed by atoms with Crippen LogP contribution in [0.4, 0.5) is 15.8 Å². The number of nitrogens with one attached hydrogen (secondary N) is 1. The first-order valence-corrected chi connectivity index (χ1v) is 11.6. The average molecular weight is 481 g/mol. The van der Waals surface area contributed by atoms with E-state index >= 15 is 0 Å². The predicted molar refractivity (Wildman–Crippen MR) is 126 cm³/mol.